The third-order valence-corrected chi connectivity index (χ3v) is 5.07. The molecule has 2 aliphatic carbocycles. The van der Waals surface area contributed by atoms with Gasteiger partial charge in [0.2, 0.25) is 0 Å². The first-order valence-corrected chi connectivity index (χ1v) is 9.05. The van der Waals surface area contributed by atoms with Crippen LogP contribution in [0.15, 0.2) is 10.6 Å². The molecule has 1 heterocycles. The van der Waals surface area contributed by atoms with E-state index in [9.17, 15) is 14.7 Å². The standard InChI is InChI=1S/C18H27N3O4/c1-18(2,3)21(17(23)24)13-8-6-12(7-9-13)19-16(22)14-10-15(25-20-14)11-4-5-11/h10-13H,4-9H2,1-3H3,(H,19,22)(H,23,24)/t12-,13-. The lowest BCUT2D eigenvalue weighted by atomic mass is 9.88. The first kappa shape index (κ1) is 17.8. The SMILES string of the molecule is CC(C)(C)N(C(=O)O)[C@H]1CC[C@H](NC(=O)c2cc(C3CC3)on2)CC1. The molecule has 25 heavy (non-hydrogen) atoms. The highest BCUT2D eigenvalue weighted by atomic mass is 16.5. The third kappa shape index (κ3) is 4.14. The number of nitrogens with zero attached hydrogens (tertiary/aromatic N) is 2. The maximum absolute atomic E-state index is 12.3. The molecule has 3 rings (SSSR count). The van der Waals surface area contributed by atoms with Crippen molar-refractivity contribution < 1.29 is 19.2 Å². The number of carbonyl (C=O) groups excluding carboxylic acids is 1. The Kier molecular flexibility index (Phi) is 4.75. The van der Waals surface area contributed by atoms with E-state index in [0.29, 0.717) is 11.6 Å². The van der Waals surface area contributed by atoms with Gasteiger partial charge in [0.1, 0.15) is 5.76 Å². The van der Waals surface area contributed by atoms with Crippen molar-refractivity contribution in [1.29, 1.82) is 0 Å². The van der Waals surface area contributed by atoms with Crippen LogP contribution in [0.2, 0.25) is 0 Å². The number of amides is 2. The number of aromatic nitrogens is 1. The molecule has 2 aliphatic rings. The molecule has 2 saturated carbocycles. The molecule has 0 atom stereocenters. The molecule has 0 aromatic carbocycles. The van der Waals surface area contributed by atoms with Gasteiger partial charge in [-0.3, -0.25) is 4.79 Å². The number of carbonyl (C=O) groups is 2. The summed E-state index contributed by atoms with van der Waals surface area (Å²) in [6.07, 6.45) is 4.37. The number of hydrogen-bond donors (Lipinski definition) is 2. The number of carboxylic acid groups (broad SMARTS) is 1. The summed E-state index contributed by atoms with van der Waals surface area (Å²) in [4.78, 5) is 25.4. The molecule has 2 N–H and O–H groups in total. The Bertz CT molecular complexity index is 637. The van der Waals surface area contributed by atoms with E-state index in [1.165, 1.54) is 0 Å². The highest BCUT2D eigenvalue weighted by Gasteiger charge is 2.36. The lowest BCUT2D eigenvalue weighted by Gasteiger charge is -2.42. The summed E-state index contributed by atoms with van der Waals surface area (Å²) in [5.74, 6) is 1.03. The zero-order valence-corrected chi connectivity index (χ0v) is 15.1. The molecule has 2 amide bonds. The van der Waals surface area contributed by atoms with Crippen LogP contribution in [-0.2, 0) is 0 Å². The number of nitrogens with one attached hydrogen (secondary N) is 1. The largest absolute Gasteiger partial charge is 0.465 e. The summed E-state index contributed by atoms with van der Waals surface area (Å²) in [7, 11) is 0. The number of hydrogen-bond acceptors (Lipinski definition) is 4. The molecule has 7 nitrogen and oxygen atoms in total. The lowest BCUT2D eigenvalue weighted by Crippen LogP contribution is -2.53. The molecule has 7 heteroatoms. The first-order valence-electron chi connectivity index (χ1n) is 9.05. The van der Waals surface area contributed by atoms with Gasteiger partial charge >= 0.3 is 6.09 Å². The van der Waals surface area contributed by atoms with Crippen LogP contribution in [0.4, 0.5) is 4.79 Å². The highest BCUT2D eigenvalue weighted by Crippen LogP contribution is 2.40. The topological polar surface area (TPSA) is 95.7 Å². The van der Waals surface area contributed by atoms with Crippen molar-refractivity contribution in [2.45, 2.75) is 82.8 Å². The average molecular weight is 349 g/mol. The third-order valence-electron chi connectivity index (χ3n) is 5.07. The molecular formula is C18H27N3O4. The van der Waals surface area contributed by atoms with Gasteiger partial charge in [-0.05, 0) is 59.3 Å². The molecule has 0 bridgehead atoms. The van der Waals surface area contributed by atoms with Crippen molar-refractivity contribution in [3.05, 3.63) is 17.5 Å². The molecule has 0 unspecified atom stereocenters. The molecule has 0 spiro atoms. The van der Waals surface area contributed by atoms with Gasteiger partial charge in [-0.25, -0.2) is 4.79 Å². The minimum Gasteiger partial charge on any atom is -0.465 e. The molecule has 2 fully saturated rings. The summed E-state index contributed by atoms with van der Waals surface area (Å²) >= 11 is 0. The fourth-order valence-electron chi connectivity index (χ4n) is 3.69. The second kappa shape index (κ2) is 6.69. The molecule has 0 aliphatic heterocycles. The summed E-state index contributed by atoms with van der Waals surface area (Å²) in [6, 6.07) is 1.80. The van der Waals surface area contributed by atoms with E-state index in [4.69, 9.17) is 4.52 Å². The Labute approximate surface area is 147 Å². The predicted octanol–water partition coefficient (Wildman–Crippen LogP) is 3.37. The first-order chi connectivity index (χ1) is 11.8. The summed E-state index contributed by atoms with van der Waals surface area (Å²) in [6.45, 7) is 5.74. The Hall–Kier alpha value is -2.05. The molecule has 1 aromatic rings. The Balaban J connectivity index is 1.53. The zero-order valence-electron chi connectivity index (χ0n) is 15.1. The minimum absolute atomic E-state index is 0.000767. The van der Waals surface area contributed by atoms with Crippen LogP contribution in [0.3, 0.4) is 0 Å². The quantitative estimate of drug-likeness (QED) is 0.869. The molecule has 0 radical (unpaired) electrons. The minimum atomic E-state index is -0.879. The van der Waals surface area contributed by atoms with Crippen molar-refractivity contribution in [2.24, 2.45) is 0 Å². The van der Waals surface area contributed by atoms with E-state index in [1.807, 2.05) is 20.8 Å². The van der Waals surface area contributed by atoms with Crippen molar-refractivity contribution in [3.63, 3.8) is 0 Å². The van der Waals surface area contributed by atoms with E-state index in [2.05, 4.69) is 10.5 Å². The Morgan fingerprint density at radius 1 is 1.20 bits per heavy atom. The summed E-state index contributed by atoms with van der Waals surface area (Å²) in [5.41, 5.74) is -0.0853. The van der Waals surface area contributed by atoms with Crippen LogP contribution in [0.5, 0.6) is 0 Å². The van der Waals surface area contributed by atoms with Gasteiger partial charge in [-0.1, -0.05) is 5.16 Å². The van der Waals surface area contributed by atoms with Crippen molar-refractivity contribution >= 4 is 12.0 Å². The second-order valence-electron chi connectivity index (χ2n) is 8.19. The normalized spacial score (nSPS) is 24.0. The van der Waals surface area contributed by atoms with Gasteiger partial charge in [-0.2, -0.15) is 0 Å². The Morgan fingerprint density at radius 3 is 2.36 bits per heavy atom. The van der Waals surface area contributed by atoms with E-state index < -0.39 is 11.6 Å². The van der Waals surface area contributed by atoms with E-state index in [0.717, 1.165) is 44.3 Å². The fraction of sp³-hybridized carbons (Fsp3) is 0.722. The predicted molar refractivity (Wildman–Crippen MR) is 91.6 cm³/mol. The van der Waals surface area contributed by atoms with Gasteiger partial charge in [0.15, 0.2) is 5.69 Å². The van der Waals surface area contributed by atoms with Crippen molar-refractivity contribution in [2.75, 3.05) is 0 Å². The van der Waals surface area contributed by atoms with Crippen molar-refractivity contribution in [3.8, 4) is 0 Å². The van der Waals surface area contributed by atoms with E-state index in [1.54, 1.807) is 11.0 Å². The van der Waals surface area contributed by atoms with E-state index in [-0.39, 0.29) is 18.0 Å². The van der Waals surface area contributed by atoms with Crippen LogP contribution in [0.25, 0.3) is 0 Å². The zero-order chi connectivity index (χ0) is 18.2. The molecule has 138 valence electrons. The molecule has 0 saturated heterocycles. The van der Waals surface area contributed by atoms with Crippen LogP contribution >= 0.6 is 0 Å². The lowest BCUT2D eigenvalue weighted by molar-refractivity contribution is 0.0519. The van der Waals surface area contributed by atoms with Crippen LogP contribution in [0.1, 0.15) is 81.5 Å². The van der Waals surface area contributed by atoms with E-state index >= 15 is 0 Å². The average Bonchev–Trinajstić information content (AvgIpc) is 3.24. The van der Waals surface area contributed by atoms with Gasteiger partial charge in [0.25, 0.3) is 5.91 Å². The molecular weight excluding hydrogens is 322 g/mol. The second-order valence-corrected chi connectivity index (χ2v) is 8.19. The summed E-state index contributed by atoms with van der Waals surface area (Å²) in [5, 5.41) is 16.4. The highest BCUT2D eigenvalue weighted by molar-refractivity contribution is 5.92. The fourth-order valence-corrected chi connectivity index (χ4v) is 3.69. The monoisotopic (exact) mass is 349 g/mol. The van der Waals surface area contributed by atoms with Gasteiger partial charge < -0.3 is 19.8 Å². The number of rotatable bonds is 4. The van der Waals surface area contributed by atoms with Gasteiger partial charge in [-0.15, -0.1) is 0 Å². The van der Waals surface area contributed by atoms with Gasteiger partial charge in [0.05, 0.1) is 0 Å². The van der Waals surface area contributed by atoms with Crippen LogP contribution in [-0.4, -0.2) is 44.8 Å². The maximum atomic E-state index is 12.3. The smallest absolute Gasteiger partial charge is 0.407 e. The maximum Gasteiger partial charge on any atom is 0.407 e. The summed E-state index contributed by atoms with van der Waals surface area (Å²) < 4.78 is 5.23. The van der Waals surface area contributed by atoms with Crippen LogP contribution in [0, 0.1) is 0 Å². The Morgan fingerprint density at radius 2 is 1.84 bits per heavy atom. The van der Waals surface area contributed by atoms with Crippen LogP contribution < -0.4 is 5.32 Å². The van der Waals surface area contributed by atoms with Gasteiger partial charge in [0, 0.05) is 29.6 Å². The molecule has 1 aromatic heterocycles. The van der Waals surface area contributed by atoms with Crippen molar-refractivity contribution in [1.82, 2.24) is 15.4 Å².